The lowest BCUT2D eigenvalue weighted by Gasteiger charge is -2.05. The molecular weight excluding hydrogens is 364 g/mol. The third-order valence-corrected chi connectivity index (χ3v) is 3.78. The molecule has 0 aliphatic rings. The van der Waals surface area contributed by atoms with Gasteiger partial charge in [-0.25, -0.2) is 14.4 Å². The summed E-state index contributed by atoms with van der Waals surface area (Å²) < 4.78 is 0. The Hall–Kier alpha value is -3.35. The standard InChI is InChI=1S/2C10H12O2.CH2O3/c2*1-6-4-7(2)9(10(11)12)8(3)5-6;2-1(3)4/h2*4-5H,1-3H3,(H,11,12);(H2,2,3,4). The van der Waals surface area contributed by atoms with E-state index in [1.807, 2.05) is 65.8 Å². The minimum absolute atomic E-state index is 0.431. The Kier molecular flexibility index (Phi) is 9.43. The van der Waals surface area contributed by atoms with E-state index >= 15 is 0 Å². The summed E-state index contributed by atoms with van der Waals surface area (Å²) in [5.41, 5.74) is 6.41. The van der Waals surface area contributed by atoms with Crippen LogP contribution >= 0.6 is 0 Å². The van der Waals surface area contributed by atoms with Crippen LogP contribution in [0.25, 0.3) is 0 Å². The number of carbonyl (C=O) groups is 3. The first kappa shape index (κ1) is 24.7. The summed E-state index contributed by atoms with van der Waals surface area (Å²) in [7, 11) is 0. The van der Waals surface area contributed by atoms with E-state index in [1.54, 1.807) is 0 Å². The topological polar surface area (TPSA) is 132 Å². The quantitative estimate of drug-likeness (QED) is 0.576. The molecule has 0 fully saturated rings. The minimum Gasteiger partial charge on any atom is -0.478 e. The number of benzene rings is 2. The van der Waals surface area contributed by atoms with Gasteiger partial charge in [-0.05, 0) is 63.8 Å². The van der Waals surface area contributed by atoms with Crippen LogP contribution < -0.4 is 0 Å². The average Bonchev–Trinajstić information content (AvgIpc) is 2.43. The Morgan fingerprint density at radius 1 is 0.536 bits per heavy atom. The van der Waals surface area contributed by atoms with Gasteiger partial charge >= 0.3 is 18.1 Å². The van der Waals surface area contributed by atoms with Crippen LogP contribution in [0.4, 0.5) is 4.79 Å². The number of rotatable bonds is 2. The zero-order valence-corrected chi connectivity index (χ0v) is 16.8. The lowest BCUT2D eigenvalue weighted by molar-refractivity contribution is 0.0684. The maximum absolute atomic E-state index is 10.8. The van der Waals surface area contributed by atoms with Crippen molar-refractivity contribution in [3.8, 4) is 0 Å². The van der Waals surface area contributed by atoms with Gasteiger partial charge in [-0.3, -0.25) is 0 Å². The Balaban J connectivity index is 0.000000439. The molecule has 0 spiro atoms. The second-order valence-electron chi connectivity index (χ2n) is 6.44. The molecule has 0 aliphatic carbocycles. The third kappa shape index (κ3) is 7.90. The number of aryl methyl sites for hydroxylation is 6. The van der Waals surface area contributed by atoms with E-state index in [9.17, 15) is 9.59 Å². The fourth-order valence-corrected chi connectivity index (χ4v) is 3.03. The van der Waals surface area contributed by atoms with Crippen molar-refractivity contribution < 1.29 is 34.8 Å². The van der Waals surface area contributed by atoms with Gasteiger partial charge in [0.2, 0.25) is 0 Å². The summed E-state index contributed by atoms with van der Waals surface area (Å²) in [4.78, 5) is 30.1. The fraction of sp³-hybridized carbons (Fsp3) is 0.286. The summed E-state index contributed by atoms with van der Waals surface area (Å²) >= 11 is 0. The highest BCUT2D eigenvalue weighted by Crippen LogP contribution is 2.16. The van der Waals surface area contributed by atoms with Gasteiger partial charge in [0.25, 0.3) is 0 Å². The van der Waals surface area contributed by atoms with Crippen molar-refractivity contribution in [3.05, 3.63) is 68.8 Å². The van der Waals surface area contributed by atoms with Crippen LogP contribution in [0, 0.1) is 41.5 Å². The molecule has 0 amide bonds. The molecule has 0 saturated heterocycles. The zero-order chi connectivity index (χ0) is 22.2. The lowest BCUT2D eigenvalue weighted by Crippen LogP contribution is -2.03. The summed E-state index contributed by atoms with van der Waals surface area (Å²) in [6.45, 7) is 11.2. The smallest absolute Gasteiger partial charge is 0.478 e. The first-order chi connectivity index (χ1) is 12.8. The van der Waals surface area contributed by atoms with Gasteiger partial charge in [0, 0.05) is 0 Å². The second kappa shape index (κ2) is 10.7. The van der Waals surface area contributed by atoms with Crippen molar-refractivity contribution in [3.63, 3.8) is 0 Å². The molecule has 2 rings (SSSR count). The molecule has 0 atom stereocenters. The van der Waals surface area contributed by atoms with Gasteiger partial charge < -0.3 is 20.4 Å². The Morgan fingerprint density at radius 2 is 0.714 bits per heavy atom. The first-order valence-electron chi connectivity index (χ1n) is 8.32. The van der Waals surface area contributed by atoms with Crippen LogP contribution in [-0.2, 0) is 0 Å². The highest BCUT2D eigenvalue weighted by molar-refractivity contribution is 5.91. The maximum Gasteiger partial charge on any atom is 0.503 e. The summed E-state index contributed by atoms with van der Waals surface area (Å²) in [6.07, 6.45) is -1.83. The largest absolute Gasteiger partial charge is 0.503 e. The van der Waals surface area contributed by atoms with Crippen LogP contribution in [-0.4, -0.2) is 38.5 Å². The predicted molar refractivity (Wildman–Crippen MR) is 106 cm³/mol. The van der Waals surface area contributed by atoms with Gasteiger partial charge in [-0.2, -0.15) is 0 Å². The summed E-state index contributed by atoms with van der Waals surface area (Å²) in [6, 6.07) is 7.54. The number of carboxylic acid groups (broad SMARTS) is 4. The highest BCUT2D eigenvalue weighted by atomic mass is 16.6. The lowest BCUT2D eigenvalue weighted by atomic mass is 10.0. The molecule has 0 radical (unpaired) electrons. The molecule has 2 aromatic rings. The molecule has 0 saturated carbocycles. The van der Waals surface area contributed by atoms with Crippen LogP contribution in [0.2, 0.25) is 0 Å². The van der Waals surface area contributed by atoms with Gasteiger partial charge in [0.05, 0.1) is 11.1 Å². The highest BCUT2D eigenvalue weighted by Gasteiger charge is 2.10. The van der Waals surface area contributed by atoms with Crippen molar-refractivity contribution in [2.75, 3.05) is 0 Å². The number of aromatic carboxylic acids is 2. The van der Waals surface area contributed by atoms with Crippen LogP contribution in [0.15, 0.2) is 24.3 Å². The van der Waals surface area contributed by atoms with Crippen molar-refractivity contribution >= 4 is 18.1 Å². The third-order valence-electron chi connectivity index (χ3n) is 3.78. The van der Waals surface area contributed by atoms with Crippen LogP contribution in [0.5, 0.6) is 0 Å². The molecule has 7 nitrogen and oxygen atoms in total. The Labute approximate surface area is 163 Å². The van der Waals surface area contributed by atoms with Crippen molar-refractivity contribution in [1.29, 1.82) is 0 Å². The summed E-state index contributed by atoms with van der Waals surface area (Å²) in [5.74, 6) is -1.69. The van der Waals surface area contributed by atoms with Crippen molar-refractivity contribution in [1.82, 2.24) is 0 Å². The molecule has 2 aromatic carbocycles. The molecule has 0 bridgehead atoms. The first-order valence-corrected chi connectivity index (χ1v) is 8.32. The van der Waals surface area contributed by atoms with Crippen LogP contribution in [0.3, 0.4) is 0 Å². The second-order valence-corrected chi connectivity index (χ2v) is 6.44. The Morgan fingerprint density at radius 3 is 0.857 bits per heavy atom. The van der Waals surface area contributed by atoms with E-state index in [0.717, 1.165) is 33.4 Å². The normalized spacial score (nSPS) is 9.36. The monoisotopic (exact) mass is 390 g/mol. The van der Waals surface area contributed by atoms with E-state index in [2.05, 4.69) is 0 Å². The Bertz CT molecular complexity index is 765. The molecule has 0 aromatic heterocycles. The molecule has 0 heterocycles. The van der Waals surface area contributed by atoms with Gasteiger partial charge in [-0.1, -0.05) is 35.4 Å². The van der Waals surface area contributed by atoms with E-state index in [1.165, 1.54) is 0 Å². The molecule has 4 N–H and O–H groups in total. The SMILES string of the molecule is Cc1cc(C)c(C(=O)O)c(C)c1.Cc1cc(C)c(C(=O)O)c(C)c1.O=C(O)O. The van der Waals surface area contributed by atoms with Gasteiger partial charge in [-0.15, -0.1) is 0 Å². The predicted octanol–water partition coefficient (Wildman–Crippen LogP) is 4.84. The van der Waals surface area contributed by atoms with Crippen molar-refractivity contribution in [2.24, 2.45) is 0 Å². The van der Waals surface area contributed by atoms with E-state index in [-0.39, 0.29) is 0 Å². The van der Waals surface area contributed by atoms with E-state index < -0.39 is 18.1 Å². The number of carboxylic acids is 2. The number of hydrogen-bond acceptors (Lipinski definition) is 3. The maximum atomic E-state index is 10.8. The van der Waals surface area contributed by atoms with Crippen molar-refractivity contribution in [2.45, 2.75) is 41.5 Å². The molecule has 0 unspecified atom stereocenters. The molecule has 28 heavy (non-hydrogen) atoms. The van der Waals surface area contributed by atoms with E-state index in [0.29, 0.717) is 11.1 Å². The molecular formula is C21H26O7. The van der Waals surface area contributed by atoms with Crippen LogP contribution in [0.1, 0.15) is 54.1 Å². The zero-order valence-electron chi connectivity index (χ0n) is 16.8. The molecule has 152 valence electrons. The van der Waals surface area contributed by atoms with E-state index in [4.69, 9.17) is 25.2 Å². The van der Waals surface area contributed by atoms with Gasteiger partial charge in [0.1, 0.15) is 0 Å². The average molecular weight is 390 g/mol. The molecule has 0 aliphatic heterocycles. The number of hydrogen-bond donors (Lipinski definition) is 4. The molecule has 7 heteroatoms. The van der Waals surface area contributed by atoms with Gasteiger partial charge in [0.15, 0.2) is 0 Å². The minimum atomic E-state index is -1.83. The summed E-state index contributed by atoms with van der Waals surface area (Å²) in [5, 5.41) is 31.6. The fourth-order valence-electron chi connectivity index (χ4n) is 3.03.